The molecule has 0 amide bonds. The number of fused-ring (bicyclic) bond motifs is 1. The average molecular weight is 288 g/mol. The number of aromatic nitrogens is 2. The molecule has 21 heavy (non-hydrogen) atoms. The van der Waals surface area contributed by atoms with E-state index in [-0.39, 0.29) is 11.8 Å². The maximum Gasteiger partial charge on any atom is 0.232 e. The van der Waals surface area contributed by atoms with Crippen LogP contribution in [0.3, 0.4) is 0 Å². The van der Waals surface area contributed by atoms with Crippen molar-refractivity contribution in [1.82, 2.24) is 10.1 Å². The first-order valence-electron chi connectivity index (χ1n) is 7.44. The van der Waals surface area contributed by atoms with Crippen molar-refractivity contribution in [3.8, 4) is 5.75 Å². The number of para-hydroxylation sites is 1. The molecule has 1 aromatic carbocycles. The minimum absolute atomic E-state index is 0.0963. The van der Waals surface area contributed by atoms with Crippen molar-refractivity contribution in [1.29, 1.82) is 0 Å². The second kappa shape index (κ2) is 5.85. The molecule has 5 nitrogen and oxygen atoms in total. The van der Waals surface area contributed by atoms with E-state index in [9.17, 15) is 5.11 Å². The molecule has 0 radical (unpaired) electrons. The molecule has 0 fully saturated rings. The molecular formula is C16H20N2O3. The lowest BCUT2D eigenvalue weighted by molar-refractivity contribution is 0.141. The molecule has 0 saturated carbocycles. The Bertz CT molecular complexity index is 609. The van der Waals surface area contributed by atoms with Crippen LogP contribution in [0.2, 0.25) is 0 Å². The quantitative estimate of drug-likeness (QED) is 0.937. The van der Waals surface area contributed by atoms with E-state index in [1.165, 1.54) is 0 Å². The molecular weight excluding hydrogens is 268 g/mol. The van der Waals surface area contributed by atoms with Crippen molar-refractivity contribution in [2.45, 2.75) is 44.6 Å². The summed E-state index contributed by atoms with van der Waals surface area (Å²) in [4.78, 5) is 4.53. The number of benzene rings is 1. The van der Waals surface area contributed by atoms with E-state index in [2.05, 4.69) is 10.1 Å². The summed E-state index contributed by atoms with van der Waals surface area (Å²) in [5.41, 5.74) is 1.10. The maximum atomic E-state index is 9.80. The minimum Gasteiger partial charge on any atom is -0.493 e. The Hall–Kier alpha value is -1.88. The van der Waals surface area contributed by atoms with Crippen LogP contribution >= 0.6 is 0 Å². The van der Waals surface area contributed by atoms with Crippen LogP contribution in [0.5, 0.6) is 5.75 Å². The topological polar surface area (TPSA) is 68.4 Å². The molecule has 1 aliphatic rings. The lowest BCUT2D eigenvalue weighted by Crippen LogP contribution is -2.17. The van der Waals surface area contributed by atoms with Crippen LogP contribution in [0.15, 0.2) is 28.8 Å². The Morgan fingerprint density at radius 2 is 2.19 bits per heavy atom. The van der Waals surface area contributed by atoms with E-state index in [1.807, 2.05) is 31.2 Å². The first-order valence-corrected chi connectivity index (χ1v) is 7.44. The zero-order valence-corrected chi connectivity index (χ0v) is 12.3. The number of nitrogens with zero attached hydrogens (tertiary/aromatic N) is 2. The summed E-state index contributed by atoms with van der Waals surface area (Å²) in [5.74, 6) is 2.08. The van der Waals surface area contributed by atoms with E-state index >= 15 is 0 Å². The van der Waals surface area contributed by atoms with E-state index in [1.54, 1.807) is 6.92 Å². The summed E-state index contributed by atoms with van der Waals surface area (Å²) in [6.07, 6.45) is 1.11. The summed E-state index contributed by atoms with van der Waals surface area (Å²) >= 11 is 0. The second-order valence-corrected chi connectivity index (χ2v) is 5.47. The van der Waals surface area contributed by atoms with Gasteiger partial charge in [-0.05, 0) is 25.8 Å². The standard InChI is InChI=1S/C16H20N2O3/c1-3-11(10(2)19)16-17-15(18-21-16)13-8-9-20-14-7-5-4-6-12(13)14/h4-7,10-11,13,19H,3,8-9H2,1-2H3. The van der Waals surface area contributed by atoms with E-state index < -0.39 is 6.10 Å². The predicted molar refractivity (Wildman–Crippen MR) is 77.4 cm³/mol. The molecule has 0 spiro atoms. The Morgan fingerprint density at radius 3 is 2.95 bits per heavy atom. The van der Waals surface area contributed by atoms with Crippen LogP contribution in [0, 0.1) is 0 Å². The van der Waals surface area contributed by atoms with Gasteiger partial charge in [-0.2, -0.15) is 4.98 Å². The third kappa shape index (κ3) is 2.65. The Labute approximate surface area is 123 Å². The summed E-state index contributed by atoms with van der Waals surface area (Å²) in [6, 6.07) is 7.96. The fraction of sp³-hybridized carbons (Fsp3) is 0.500. The van der Waals surface area contributed by atoms with Crippen LogP contribution in [-0.2, 0) is 0 Å². The van der Waals surface area contributed by atoms with Gasteiger partial charge in [-0.15, -0.1) is 0 Å². The molecule has 2 aromatic rings. The maximum absolute atomic E-state index is 9.80. The predicted octanol–water partition coefficient (Wildman–Crippen LogP) is 2.86. The SMILES string of the molecule is CCC(c1nc(C2CCOc3ccccc32)no1)C(C)O. The summed E-state index contributed by atoms with van der Waals surface area (Å²) in [6.45, 7) is 4.41. The zero-order chi connectivity index (χ0) is 14.8. The number of aliphatic hydroxyl groups is 1. The van der Waals surface area contributed by atoms with E-state index in [0.29, 0.717) is 18.3 Å². The third-order valence-electron chi connectivity index (χ3n) is 4.07. The molecule has 3 atom stereocenters. The molecule has 0 aliphatic carbocycles. The lowest BCUT2D eigenvalue weighted by atomic mass is 9.92. The number of ether oxygens (including phenoxy) is 1. The van der Waals surface area contributed by atoms with Gasteiger partial charge in [-0.3, -0.25) is 0 Å². The summed E-state index contributed by atoms with van der Waals surface area (Å²) in [5, 5.41) is 13.9. The average Bonchev–Trinajstić information content (AvgIpc) is 2.96. The molecule has 0 saturated heterocycles. The fourth-order valence-electron chi connectivity index (χ4n) is 2.87. The van der Waals surface area contributed by atoms with Crippen LogP contribution in [0.1, 0.15) is 55.8 Å². The minimum atomic E-state index is -0.495. The van der Waals surface area contributed by atoms with Crippen molar-refractivity contribution in [2.24, 2.45) is 0 Å². The van der Waals surface area contributed by atoms with Gasteiger partial charge in [0, 0.05) is 5.56 Å². The normalized spacial score (nSPS) is 20.4. The van der Waals surface area contributed by atoms with Crippen LogP contribution < -0.4 is 4.74 Å². The van der Waals surface area contributed by atoms with Gasteiger partial charge in [0.2, 0.25) is 5.89 Å². The van der Waals surface area contributed by atoms with Gasteiger partial charge >= 0.3 is 0 Å². The number of aliphatic hydroxyl groups excluding tert-OH is 1. The Morgan fingerprint density at radius 1 is 1.38 bits per heavy atom. The highest BCUT2D eigenvalue weighted by Gasteiger charge is 2.29. The van der Waals surface area contributed by atoms with Crippen molar-refractivity contribution in [2.75, 3.05) is 6.61 Å². The number of rotatable bonds is 4. The van der Waals surface area contributed by atoms with Gasteiger partial charge in [0.05, 0.1) is 24.5 Å². The molecule has 0 bridgehead atoms. The van der Waals surface area contributed by atoms with Crippen molar-refractivity contribution < 1.29 is 14.4 Å². The van der Waals surface area contributed by atoms with Gasteiger partial charge in [-0.25, -0.2) is 0 Å². The van der Waals surface area contributed by atoms with Crippen molar-refractivity contribution in [3.05, 3.63) is 41.5 Å². The van der Waals surface area contributed by atoms with Gasteiger partial charge in [0.25, 0.3) is 0 Å². The van der Waals surface area contributed by atoms with Crippen LogP contribution in [0.25, 0.3) is 0 Å². The van der Waals surface area contributed by atoms with E-state index in [4.69, 9.17) is 9.26 Å². The number of hydrogen-bond donors (Lipinski definition) is 1. The fourth-order valence-corrected chi connectivity index (χ4v) is 2.87. The van der Waals surface area contributed by atoms with E-state index in [0.717, 1.165) is 24.2 Å². The molecule has 5 heteroatoms. The molecule has 1 aromatic heterocycles. The third-order valence-corrected chi connectivity index (χ3v) is 4.07. The Balaban J connectivity index is 1.91. The highest BCUT2D eigenvalue weighted by Crippen LogP contribution is 2.37. The highest BCUT2D eigenvalue weighted by atomic mass is 16.5. The first kappa shape index (κ1) is 14.1. The van der Waals surface area contributed by atoms with Gasteiger partial charge < -0.3 is 14.4 Å². The largest absolute Gasteiger partial charge is 0.493 e. The summed E-state index contributed by atoms with van der Waals surface area (Å²) in [7, 11) is 0. The lowest BCUT2D eigenvalue weighted by Gasteiger charge is -2.23. The molecule has 1 N–H and O–H groups in total. The Kier molecular flexibility index (Phi) is 3.92. The van der Waals surface area contributed by atoms with Crippen LogP contribution in [0.4, 0.5) is 0 Å². The molecule has 2 heterocycles. The monoisotopic (exact) mass is 288 g/mol. The van der Waals surface area contributed by atoms with Crippen molar-refractivity contribution in [3.63, 3.8) is 0 Å². The molecule has 1 aliphatic heterocycles. The van der Waals surface area contributed by atoms with Gasteiger partial charge in [0.15, 0.2) is 5.82 Å². The second-order valence-electron chi connectivity index (χ2n) is 5.47. The highest BCUT2D eigenvalue weighted by molar-refractivity contribution is 5.40. The number of hydrogen-bond acceptors (Lipinski definition) is 5. The van der Waals surface area contributed by atoms with Gasteiger partial charge in [-0.1, -0.05) is 30.3 Å². The van der Waals surface area contributed by atoms with Crippen molar-refractivity contribution >= 4 is 0 Å². The smallest absolute Gasteiger partial charge is 0.232 e. The molecule has 112 valence electrons. The van der Waals surface area contributed by atoms with Crippen LogP contribution in [-0.4, -0.2) is 28.0 Å². The first-order chi connectivity index (χ1) is 10.2. The molecule has 3 rings (SSSR count). The summed E-state index contributed by atoms with van der Waals surface area (Å²) < 4.78 is 11.0. The van der Waals surface area contributed by atoms with Gasteiger partial charge in [0.1, 0.15) is 5.75 Å². The molecule has 3 unspecified atom stereocenters. The zero-order valence-electron chi connectivity index (χ0n) is 12.3.